The topological polar surface area (TPSA) is 39.7 Å². The molecular formula is C20H33IN4. The van der Waals surface area contributed by atoms with E-state index in [4.69, 9.17) is 0 Å². The van der Waals surface area contributed by atoms with Gasteiger partial charge in [-0.3, -0.25) is 4.99 Å². The highest BCUT2D eigenvalue weighted by molar-refractivity contribution is 14.0. The average Bonchev–Trinajstić information content (AvgIpc) is 3.06. The van der Waals surface area contributed by atoms with Crippen LogP contribution in [0.1, 0.15) is 39.0 Å². The van der Waals surface area contributed by atoms with Crippen molar-refractivity contribution in [1.29, 1.82) is 0 Å². The Bertz CT molecular complexity index is 536. The monoisotopic (exact) mass is 456 g/mol. The lowest BCUT2D eigenvalue weighted by Gasteiger charge is -2.41. The van der Waals surface area contributed by atoms with E-state index in [1.807, 2.05) is 7.05 Å². The van der Waals surface area contributed by atoms with Gasteiger partial charge in [-0.15, -0.1) is 24.0 Å². The van der Waals surface area contributed by atoms with Crippen LogP contribution in [0.15, 0.2) is 35.3 Å². The lowest BCUT2D eigenvalue weighted by atomic mass is 9.67. The van der Waals surface area contributed by atoms with Crippen LogP contribution >= 0.6 is 24.0 Å². The van der Waals surface area contributed by atoms with Crippen molar-refractivity contribution in [2.24, 2.45) is 16.3 Å². The maximum absolute atomic E-state index is 4.40. The van der Waals surface area contributed by atoms with Crippen LogP contribution in [0.2, 0.25) is 0 Å². The predicted molar refractivity (Wildman–Crippen MR) is 118 cm³/mol. The summed E-state index contributed by atoms with van der Waals surface area (Å²) in [5, 5.41) is 7.10. The molecule has 1 unspecified atom stereocenters. The summed E-state index contributed by atoms with van der Waals surface area (Å²) in [5.74, 6) is 1.65. The Morgan fingerprint density at radius 1 is 1.24 bits per heavy atom. The Morgan fingerprint density at radius 3 is 2.60 bits per heavy atom. The molecule has 0 aromatic heterocycles. The second-order valence-electron chi connectivity index (χ2n) is 7.45. The summed E-state index contributed by atoms with van der Waals surface area (Å²) in [4.78, 5) is 6.89. The third kappa shape index (κ3) is 5.25. The van der Waals surface area contributed by atoms with E-state index in [-0.39, 0.29) is 24.0 Å². The van der Waals surface area contributed by atoms with Gasteiger partial charge < -0.3 is 15.5 Å². The van der Waals surface area contributed by atoms with Gasteiger partial charge in [0.05, 0.1) is 0 Å². The number of hydrogen-bond acceptors (Lipinski definition) is 2. The number of rotatable bonds is 6. The Morgan fingerprint density at radius 2 is 2.00 bits per heavy atom. The summed E-state index contributed by atoms with van der Waals surface area (Å²) in [6.45, 7) is 6.66. The van der Waals surface area contributed by atoms with E-state index in [1.54, 1.807) is 0 Å². The molecule has 1 aromatic carbocycles. The van der Waals surface area contributed by atoms with E-state index < -0.39 is 0 Å². The zero-order chi connectivity index (χ0) is 16.8. The van der Waals surface area contributed by atoms with Crippen LogP contribution in [0.25, 0.3) is 0 Å². The van der Waals surface area contributed by atoms with Crippen molar-refractivity contribution in [3.63, 3.8) is 0 Å². The predicted octanol–water partition coefficient (Wildman–Crippen LogP) is 3.88. The van der Waals surface area contributed by atoms with Gasteiger partial charge in [-0.05, 0) is 49.1 Å². The summed E-state index contributed by atoms with van der Waals surface area (Å²) in [6.07, 6.45) is 6.63. The normalized spacial score (nSPS) is 22.1. The molecule has 1 atom stereocenters. The first-order chi connectivity index (χ1) is 11.7. The van der Waals surface area contributed by atoms with Crippen LogP contribution in [0.5, 0.6) is 0 Å². The highest BCUT2D eigenvalue weighted by Crippen LogP contribution is 2.42. The first kappa shape index (κ1) is 20.3. The van der Waals surface area contributed by atoms with E-state index in [2.05, 4.69) is 57.8 Å². The molecule has 0 radical (unpaired) electrons. The fourth-order valence-electron chi connectivity index (χ4n) is 3.94. The van der Waals surface area contributed by atoms with Crippen LogP contribution in [-0.2, 0) is 0 Å². The summed E-state index contributed by atoms with van der Waals surface area (Å²) in [5.41, 5.74) is 1.87. The smallest absolute Gasteiger partial charge is 0.191 e. The molecule has 1 aromatic rings. The molecule has 4 nitrogen and oxygen atoms in total. The molecule has 1 aliphatic heterocycles. The van der Waals surface area contributed by atoms with Gasteiger partial charge in [0.1, 0.15) is 0 Å². The fraction of sp³-hybridized carbons (Fsp3) is 0.650. The number of benzene rings is 1. The molecule has 1 saturated heterocycles. The van der Waals surface area contributed by atoms with Gasteiger partial charge >= 0.3 is 0 Å². The molecule has 2 aliphatic rings. The maximum Gasteiger partial charge on any atom is 0.191 e. The number of guanidine groups is 1. The summed E-state index contributed by atoms with van der Waals surface area (Å²) in [7, 11) is 1.87. The largest absolute Gasteiger partial charge is 0.371 e. The first-order valence-electron chi connectivity index (χ1n) is 9.49. The van der Waals surface area contributed by atoms with E-state index in [1.165, 1.54) is 37.8 Å². The van der Waals surface area contributed by atoms with E-state index in [0.29, 0.717) is 11.3 Å². The highest BCUT2D eigenvalue weighted by Gasteiger charge is 2.35. The Kier molecular flexibility index (Phi) is 7.84. The van der Waals surface area contributed by atoms with Crippen LogP contribution in [0, 0.1) is 11.3 Å². The minimum Gasteiger partial charge on any atom is -0.371 e. The number of para-hydroxylation sites is 1. The average molecular weight is 456 g/mol. The number of halogens is 1. The minimum absolute atomic E-state index is 0. The molecular weight excluding hydrogens is 423 g/mol. The molecule has 2 N–H and O–H groups in total. The second-order valence-corrected chi connectivity index (χ2v) is 7.45. The van der Waals surface area contributed by atoms with Crippen molar-refractivity contribution in [2.45, 2.75) is 39.0 Å². The summed E-state index contributed by atoms with van der Waals surface area (Å²) < 4.78 is 0. The zero-order valence-corrected chi connectivity index (χ0v) is 18.0. The van der Waals surface area contributed by atoms with Gasteiger partial charge in [0.15, 0.2) is 5.96 Å². The number of nitrogens with zero attached hydrogens (tertiary/aromatic N) is 2. The molecule has 0 amide bonds. The van der Waals surface area contributed by atoms with Crippen molar-refractivity contribution < 1.29 is 0 Å². The van der Waals surface area contributed by atoms with Crippen LogP contribution in [0.4, 0.5) is 5.69 Å². The minimum atomic E-state index is 0. The van der Waals surface area contributed by atoms with Gasteiger partial charge in [-0.25, -0.2) is 0 Å². The molecule has 1 saturated carbocycles. The second kappa shape index (κ2) is 9.64. The molecule has 1 aliphatic carbocycles. The highest BCUT2D eigenvalue weighted by atomic mass is 127. The number of aliphatic imine (C=N–C) groups is 1. The van der Waals surface area contributed by atoms with E-state index in [0.717, 1.165) is 32.1 Å². The molecule has 0 bridgehead atoms. The molecule has 5 heteroatoms. The van der Waals surface area contributed by atoms with Gasteiger partial charge in [0.2, 0.25) is 0 Å². The van der Waals surface area contributed by atoms with Crippen molar-refractivity contribution in [2.75, 3.05) is 38.1 Å². The van der Waals surface area contributed by atoms with Crippen molar-refractivity contribution in [1.82, 2.24) is 10.6 Å². The molecule has 1 heterocycles. The lowest BCUT2D eigenvalue weighted by molar-refractivity contribution is 0.131. The van der Waals surface area contributed by atoms with Gasteiger partial charge in [0, 0.05) is 38.9 Å². The third-order valence-electron chi connectivity index (χ3n) is 5.98. The van der Waals surface area contributed by atoms with Crippen molar-refractivity contribution in [3.05, 3.63) is 30.3 Å². The first-order valence-corrected chi connectivity index (χ1v) is 9.49. The van der Waals surface area contributed by atoms with Crippen LogP contribution in [-0.4, -0.2) is 39.2 Å². The van der Waals surface area contributed by atoms with Crippen LogP contribution in [0.3, 0.4) is 0 Å². The summed E-state index contributed by atoms with van der Waals surface area (Å²) in [6, 6.07) is 10.7. The molecule has 0 spiro atoms. The van der Waals surface area contributed by atoms with Crippen molar-refractivity contribution in [3.8, 4) is 0 Å². The van der Waals surface area contributed by atoms with Gasteiger partial charge in [0.25, 0.3) is 0 Å². The number of anilines is 1. The maximum atomic E-state index is 4.40. The molecule has 25 heavy (non-hydrogen) atoms. The van der Waals surface area contributed by atoms with Gasteiger partial charge in [-0.2, -0.15) is 0 Å². The number of nitrogens with one attached hydrogen (secondary N) is 2. The molecule has 2 fully saturated rings. The van der Waals surface area contributed by atoms with Crippen molar-refractivity contribution >= 4 is 35.6 Å². The Labute approximate surface area is 169 Å². The Hall–Kier alpha value is -0.980. The third-order valence-corrected chi connectivity index (χ3v) is 5.98. The standard InChI is InChI=1S/C20H32N4.HI/c1-3-20(11-7-12-20)16-23-19(21-2)22-14-17-10-13-24(15-17)18-8-5-4-6-9-18;/h4-6,8-9,17H,3,7,10-16H2,1-2H3,(H2,21,22,23);1H. The van der Waals surface area contributed by atoms with Crippen LogP contribution < -0.4 is 15.5 Å². The zero-order valence-electron chi connectivity index (χ0n) is 15.6. The quantitative estimate of drug-likeness (QED) is 0.388. The molecule has 140 valence electrons. The fourth-order valence-corrected chi connectivity index (χ4v) is 3.94. The summed E-state index contributed by atoms with van der Waals surface area (Å²) >= 11 is 0. The molecule has 3 rings (SSSR count). The lowest BCUT2D eigenvalue weighted by Crippen LogP contribution is -2.47. The van der Waals surface area contributed by atoms with Gasteiger partial charge in [-0.1, -0.05) is 31.5 Å². The number of hydrogen-bond donors (Lipinski definition) is 2. The van der Waals surface area contributed by atoms with E-state index >= 15 is 0 Å². The SMILES string of the molecule is CCC1(CNC(=NC)NCC2CCN(c3ccccc3)C2)CCC1.I. The van der Waals surface area contributed by atoms with E-state index in [9.17, 15) is 0 Å². The Balaban J connectivity index is 0.00000225.